The molecular formula is C55H58Cl2F2N20O8. The molecule has 0 aliphatic rings. The summed E-state index contributed by atoms with van der Waals surface area (Å²) in [5.41, 5.74) is 26.8. The first kappa shape index (κ1) is 67.1. The molecule has 10 N–H and O–H groups in total. The average molecular weight is 1240 g/mol. The Kier molecular flexibility index (Phi) is 24.1. The van der Waals surface area contributed by atoms with Crippen LogP contribution in [0.3, 0.4) is 0 Å². The summed E-state index contributed by atoms with van der Waals surface area (Å²) in [6.45, 7) is 5.42. The van der Waals surface area contributed by atoms with E-state index in [2.05, 4.69) is 61.4 Å². The summed E-state index contributed by atoms with van der Waals surface area (Å²) in [5.74, 6) is -5.83. The minimum Gasteiger partial charge on any atom is -0.396 e. The van der Waals surface area contributed by atoms with E-state index in [1.54, 1.807) is 64.4 Å². The van der Waals surface area contributed by atoms with E-state index in [4.69, 9.17) is 45.9 Å². The maximum Gasteiger partial charge on any atom is 0.323 e. The van der Waals surface area contributed by atoms with Crippen LogP contribution < -0.4 is 38.5 Å². The van der Waals surface area contributed by atoms with Crippen molar-refractivity contribution < 1.29 is 47.1 Å². The first-order valence-electron chi connectivity index (χ1n) is 25.5. The van der Waals surface area contributed by atoms with Gasteiger partial charge in [0.25, 0.3) is 11.8 Å². The fraction of sp³-hybridized carbons (Fsp3) is 0.236. The van der Waals surface area contributed by atoms with Gasteiger partial charge >= 0.3 is 6.03 Å². The molecule has 0 aliphatic carbocycles. The number of hydrogen-bond donors (Lipinski definition) is 7. The van der Waals surface area contributed by atoms with Crippen molar-refractivity contribution in [3.8, 4) is 0 Å². The molecule has 4 aromatic carbocycles. The van der Waals surface area contributed by atoms with Crippen LogP contribution in [0.4, 0.5) is 30.6 Å². The Hall–Kier alpha value is -10.7. The highest BCUT2D eigenvalue weighted by Gasteiger charge is 2.26. The van der Waals surface area contributed by atoms with Gasteiger partial charge in [-0.3, -0.25) is 42.9 Å². The molecule has 0 radical (unpaired) electrons. The Labute approximate surface area is 504 Å². The first-order chi connectivity index (χ1) is 40.9. The monoisotopic (exact) mass is 1230 g/mol. The Morgan fingerprint density at radius 1 is 0.644 bits per heavy atom. The quantitative estimate of drug-likeness (QED) is 0.0257. The number of amides is 9. The molecule has 4 aromatic heterocycles. The number of nitrogens with one attached hydrogen (secondary N) is 4. The van der Waals surface area contributed by atoms with Crippen LogP contribution in [-0.4, -0.2) is 122 Å². The lowest BCUT2D eigenvalue weighted by atomic mass is 10.1. The molecule has 0 aliphatic heterocycles. The number of fused-ring (bicyclic) bond motifs is 2. The fourth-order valence-corrected chi connectivity index (χ4v) is 8.36. The number of nitrogens with zero attached hydrogens (tertiary/aromatic N) is 13. The molecule has 454 valence electrons. The van der Waals surface area contributed by atoms with Gasteiger partial charge in [-0.15, -0.1) is 0 Å². The summed E-state index contributed by atoms with van der Waals surface area (Å²) in [7, 11) is 0. The van der Waals surface area contributed by atoms with Crippen LogP contribution in [0.5, 0.6) is 0 Å². The maximum absolute atomic E-state index is 14.2. The van der Waals surface area contributed by atoms with Gasteiger partial charge in [0.05, 0.1) is 70.3 Å². The minimum atomic E-state index is -0.891. The third-order valence-electron chi connectivity index (χ3n) is 12.1. The van der Waals surface area contributed by atoms with Crippen molar-refractivity contribution in [1.82, 2.24) is 59.9 Å². The number of carbonyl (C=O) groups is 8. The zero-order chi connectivity index (χ0) is 62.8. The van der Waals surface area contributed by atoms with E-state index in [1.807, 2.05) is 0 Å². The number of urea groups is 1. The largest absolute Gasteiger partial charge is 0.396 e. The Balaban J connectivity index is 0.000000283. The number of anilines is 3. The summed E-state index contributed by atoms with van der Waals surface area (Å²) >= 11 is 11.6. The number of primary amides is 2. The van der Waals surface area contributed by atoms with Crippen molar-refractivity contribution in [1.29, 1.82) is 0 Å². The second-order valence-corrected chi connectivity index (χ2v) is 19.6. The van der Waals surface area contributed by atoms with Gasteiger partial charge in [0.15, 0.2) is 11.4 Å². The van der Waals surface area contributed by atoms with Crippen LogP contribution in [0, 0.1) is 11.6 Å². The molecule has 28 nitrogen and oxygen atoms in total. The lowest BCUT2D eigenvalue weighted by Gasteiger charge is -2.26. The zero-order valence-electron chi connectivity index (χ0n) is 46.1. The topological polar surface area (TPSA) is 405 Å². The Bertz CT molecular complexity index is 3880. The number of nitrogen functional groups attached to an aromatic ring is 1. The molecule has 0 unspecified atom stereocenters. The molecule has 0 bridgehead atoms. The zero-order valence-corrected chi connectivity index (χ0v) is 47.6. The van der Waals surface area contributed by atoms with Gasteiger partial charge in [-0.1, -0.05) is 54.9 Å². The summed E-state index contributed by atoms with van der Waals surface area (Å²) in [4.78, 5) is 120. The third kappa shape index (κ3) is 18.4. The van der Waals surface area contributed by atoms with E-state index in [0.717, 1.165) is 0 Å². The predicted octanol–water partition coefficient (Wildman–Crippen LogP) is 6.54. The van der Waals surface area contributed by atoms with E-state index in [-0.39, 0.29) is 102 Å². The van der Waals surface area contributed by atoms with Gasteiger partial charge < -0.3 is 48.3 Å². The second-order valence-electron chi connectivity index (χ2n) is 18.8. The van der Waals surface area contributed by atoms with Crippen LogP contribution in [0.15, 0.2) is 115 Å². The van der Waals surface area contributed by atoms with Gasteiger partial charge in [-0.2, -0.15) is 10.2 Å². The SMILES string of the molecule is C.CC(C)N(CC(=O)NCc1cccc(Cl)c1F)C(=O)Cn1nc(C(N)=O)c2cc(C(=O)N=[N+]=[N-])ccc21.CC(C)N(CC(=O)NCc1cccc(Cl)c1F)C(=O)Cn1nc(C(N)=O)c2cc(NC(=O)Nc3cncnc3)ccc21.Nc1cncnc1. The lowest BCUT2D eigenvalue weighted by Crippen LogP contribution is -2.45. The normalized spacial score (nSPS) is 10.5. The van der Waals surface area contributed by atoms with Gasteiger partial charge in [-0.25, -0.2) is 33.5 Å². The Morgan fingerprint density at radius 3 is 1.51 bits per heavy atom. The standard InChI is InChI=1S/C27H27ClFN9O4.C23H22ClFN8O4.C4H5N3.CH4/c1-15(2)37(12-22(39)33-9-16-4-3-5-20(28)24(16)29)23(40)13-38-21-7-6-17(8-19(21)25(36-38)26(30)41)34-27(42)35-18-10-31-14-32-11-18;1-12(2)32(10-18(34)28-9-14-4-3-5-16(24)20(14)25)19(35)11-33-17-7-6-13(23(37)29-31-27)8-15(17)21(30-33)22(26)36;5-4-1-6-3-7-2-4;/h3-8,10-11,14-15H,9,12-13H2,1-2H3,(H2,30,41)(H,33,39)(H2,34,35,42);3-8,12H,9-11H2,1-2H3,(H2,26,36)(H,28,34);1-3H,5H2;1H4. The van der Waals surface area contributed by atoms with Crippen molar-refractivity contribution in [3.05, 3.63) is 170 Å². The van der Waals surface area contributed by atoms with Crippen LogP contribution in [0.25, 0.3) is 32.2 Å². The van der Waals surface area contributed by atoms with E-state index in [0.29, 0.717) is 33.5 Å². The van der Waals surface area contributed by atoms with Crippen molar-refractivity contribution in [2.45, 2.75) is 73.4 Å². The molecule has 9 amide bonds. The summed E-state index contributed by atoms with van der Waals surface area (Å²) in [6.07, 6.45) is 8.71. The van der Waals surface area contributed by atoms with Crippen LogP contribution in [0.1, 0.15) is 77.6 Å². The summed E-state index contributed by atoms with van der Waals surface area (Å²) < 4.78 is 30.8. The smallest absolute Gasteiger partial charge is 0.323 e. The molecule has 0 spiro atoms. The highest BCUT2D eigenvalue weighted by molar-refractivity contribution is 6.31. The maximum atomic E-state index is 14.2. The highest BCUT2D eigenvalue weighted by Crippen LogP contribution is 2.25. The number of hydrogen-bond acceptors (Lipinski definition) is 15. The molecule has 8 aromatic rings. The predicted molar refractivity (Wildman–Crippen MR) is 318 cm³/mol. The van der Waals surface area contributed by atoms with E-state index in [9.17, 15) is 47.1 Å². The van der Waals surface area contributed by atoms with E-state index >= 15 is 0 Å². The fourth-order valence-electron chi connectivity index (χ4n) is 7.97. The molecule has 4 heterocycles. The molecule has 0 atom stereocenters. The average Bonchev–Trinajstić information content (AvgIpc) is 4.19. The number of benzene rings is 4. The van der Waals surface area contributed by atoms with Gasteiger partial charge in [0, 0.05) is 63.2 Å². The number of halogens is 4. The number of rotatable bonds is 19. The van der Waals surface area contributed by atoms with E-state index in [1.165, 1.54) is 92.7 Å². The van der Waals surface area contributed by atoms with Crippen molar-refractivity contribution in [2.75, 3.05) is 29.5 Å². The van der Waals surface area contributed by atoms with Crippen LogP contribution in [-0.2, 0) is 45.4 Å². The molecule has 0 saturated heterocycles. The second kappa shape index (κ2) is 31.3. The van der Waals surface area contributed by atoms with E-state index < -0.39 is 59.0 Å². The third-order valence-corrected chi connectivity index (χ3v) is 12.7. The van der Waals surface area contributed by atoms with Gasteiger partial charge in [-0.05, 0) is 86.9 Å². The molecule has 0 fully saturated rings. The van der Waals surface area contributed by atoms with Gasteiger partial charge in [0.2, 0.25) is 29.5 Å². The Morgan fingerprint density at radius 2 is 1.08 bits per heavy atom. The first-order valence-corrected chi connectivity index (χ1v) is 26.2. The highest BCUT2D eigenvalue weighted by atomic mass is 35.5. The lowest BCUT2D eigenvalue weighted by molar-refractivity contribution is -0.138. The number of azide groups is 1. The number of carbonyl (C=O) groups excluding carboxylic acids is 8. The summed E-state index contributed by atoms with van der Waals surface area (Å²) in [6, 6.07) is 16.3. The van der Waals surface area contributed by atoms with Gasteiger partial charge in [0.1, 0.15) is 37.4 Å². The van der Waals surface area contributed by atoms with Crippen molar-refractivity contribution in [3.63, 3.8) is 0 Å². The molecular weight excluding hydrogens is 1180 g/mol. The van der Waals surface area contributed by atoms with Crippen molar-refractivity contribution in [2.24, 2.45) is 16.6 Å². The molecule has 32 heteroatoms. The molecule has 87 heavy (non-hydrogen) atoms. The summed E-state index contributed by atoms with van der Waals surface area (Å²) in [5, 5.41) is 22.1. The van der Waals surface area contributed by atoms with Crippen LogP contribution in [0.2, 0.25) is 10.0 Å². The number of nitrogens with two attached hydrogens (primary N) is 3. The minimum absolute atomic E-state index is 0. The molecule has 0 saturated carbocycles. The number of aromatic nitrogens is 8. The van der Waals surface area contributed by atoms with Crippen LogP contribution >= 0.6 is 23.2 Å². The molecule has 8 rings (SSSR count). The van der Waals surface area contributed by atoms with Crippen molar-refractivity contribution >= 4 is 109 Å².